The van der Waals surface area contributed by atoms with Crippen molar-refractivity contribution in [3.63, 3.8) is 0 Å². The predicted molar refractivity (Wildman–Crippen MR) is 94.0 cm³/mol. The van der Waals surface area contributed by atoms with Gasteiger partial charge in [-0.15, -0.1) is 0 Å². The average Bonchev–Trinajstić information content (AvgIpc) is 2.48. The Balaban J connectivity index is 1.78. The van der Waals surface area contributed by atoms with Gasteiger partial charge in [0, 0.05) is 49.1 Å². The number of hydrogen-bond acceptors (Lipinski definition) is 3. The normalized spacial score (nSPS) is 10.1. The Hall–Kier alpha value is -2.20. The quantitative estimate of drug-likeness (QED) is 0.850. The molecule has 5 heteroatoms. The van der Waals surface area contributed by atoms with E-state index in [9.17, 15) is 4.79 Å². The van der Waals surface area contributed by atoms with Gasteiger partial charge in [0.15, 0.2) is 0 Å². The summed E-state index contributed by atoms with van der Waals surface area (Å²) in [4.78, 5) is 13.9. The molecule has 4 nitrogen and oxygen atoms in total. The Kier molecular flexibility index (Phi) is 5.67. The van der Waals surface area contributed by atoms with Crippen molar-refractivity contribution in [1.29, 1.82) is 0 Å². The molecule has 0 atom stereocenters. The van der Waals surface area contributed by atoms with E-state index in [1.54, 1.807) is 0 Å². The summed E-state index contributed by atoms with van der Waals surface area (Å²) < 4.78 is 0. The molecule has 0 aliphatic heterocycles. The summed E-state index contributed by atoms with van der Waals surface area (Å²) in [6, 6.07) is 15.2. The molecule has 116 valence electrons. The van der Waals surface area contributed by atoms with E-state index in [0.717, 1.165) is 17.1 Å². The standard InChI is InChI=1S/C17H20ClN3O/c1-21(2)16-8-6-14(7-9-16)20-17(22)10-11-19-15-5-3-4-13(18)12-15/h3-9,12,19H,10-11H2,1-2H3,(H,20,22). The van der Waals surface area contributed by atoms with Gasteiger partial charge >= 0.3 is 0 Å². The van der Waals surface area contributed by atoms with E-state index in [2.05, 4.69) is 10.6 Å². The largest absolute Gasteiger partial charge is 0.384 e. The van der Waals surface area contributed by atoms with Crippen molar-refractivity contribution in [3.8, 4) is 0 Å². The first-order valence-corrected chi connectivity index (χ1v) is 7.49. The van der Waals surface area contributed by atoms with Crippen molar-refractivity contribution in [1.82, 2.24) is 0 Å². The first-order valence-electron chi connectivity index (χ1n) is 7.11. The number of carbonyl (C=O) groups excluding carboxylic acids is 1. The van der Waals surface area contributed by atoms with Crippen LogP contribution >= 0.6 is 11.6 Å². The molecule has 2 N–H and O–H groups in total. The van der Waals surface area contributed by atoms with Crippen LogP contribution in [-0.4, -0.2) is 26.5 Å². The van der Waals surface area contributed by atoms with Crippen molar-refractivity contribution in [2.45, 2.75) is 6.42 Å². The van der Waals surface area contributed by atoms with E-state index in [0.29, 0.717) is 18.0 Å². The molecule has 1 amide bonds. The lowest BCUT2D eigenvalue weighted by Crippen LogP contribution is -2.16. The lowest BCUT2D eigenvalue weighted by molar-refractivity contribution is -0.115. The van der Waals surface area contributed by atoms with E-state index in [4.69, 9.17) is 11.6 Å². The van der Waals surface area contributed by atoms with Crippen LogP contribution < -0.4 is 15.5 Å². The van der Waals surface area contributed by atoms with Gasteiger partial charge in [-0.2, -0.15) is 0 Å². The van der Waals surface area contributed by atoms with Crippen LogP contribution in [0.2, 0.25) is 5.02 Å². The summed E-state index contributed by atoms with van der Waals surface area (Å²) in [6.45, 7) is 0.557. The molecular formula is C17H20ClN3O. The van der Waals surface area contributed by atoms with Gasteiger partial charge < -0.3 is 15.5 Å². The van der Waals surface area contributed by atoms with Gasteiger partial charge in [0.2, 0.25) is 5.91 Å². The Labute approximate surface area is 136 Å². The molecule has 2 aromatic carbocycles. The van der Waals surface area contributed by atoms with Crippen LogP contribution in [0.15, 0.2) is 48.5 Å². The molecule has 0 saturated carbocycles. The molecule has 0 heterocycles. The number of halogens is 1. The van der Waals surface area contributed by atoms with Gasteiger partial charge in [-0.05, 0) is 42.5 Å². The van der Waals surface area contributed by atoms with Gasteiger partial charge in [0.1, 0.15) is 0 Å². The number of nitrogens with one attached hydrogen (secondary N) is 2. The summed E-state index contributed by atoms with van der Waals surface area (Å²) in [5.41, 5.74) is 2.81. The van der Waals surface area contributed by atoms with Gasteiger partial charge in [0.05, 0.1) is 0 Å². The number of carbonyl (C=O) groups is 1. The minimum atomic E-state index is -0.0212. The highest BCUT2D eigenvalue weighted by molar-refractivity contribution is 6.30. The highest BCUT2D eigenvalue weighted by atomic mass is 35.5. The van der Waals surface area contributed by atoms with E-state index in [1.165, 1.54) is 0 Å². The molecular weight excluding hydrogens is 298 g/mol. The van der Waals surface area contributed by atoms with Crippen LogP contribution in [0.1, 0.15) is 6.42 Å². The van der Waals surface area contributed by atoms with Crippen molar-refractivity contribution < 1.29 is 4.79 Å². The lowest BCUT2D eigenvalue weighted by Gasteiger charge is -2.13. The fourth-order valence-electron chi connectivity index (χ4n) is 1.99. The van der Waals surface area contributed by atoms with Crippen LogP contribution in [0.3, 0.4) is 0 Å². The smallest absolute Gasteiger partial charge is 0.226 e. The molecule has 2 rings (SSSR count). The van der Waals surface area contributed by atoms with E-state index < -0.39 is 0 Å². The minimum Gasteiger partial charge on any atom is -0.384 e. The van der Waals surface area contributed by atoms with Crippen LogP contribution in [0.5, 0.6) is 0 Å². The Bertz CT molecular complexity index is 626. The number of anilines is 3. The molecule has 0 aromatic heterocycles. The number of amides is 1. The second-order valence-electron chi connectivity index (χ2n) is 5.18. The summed E-state index contributed by atoms with van der Waals surface area (Å²) in [5, 5.41) is 6.73. The number of nitrogens with zero attached hydrogens (tertiary/aromatic N) is 1. The van der Waals surface area contributed by atoms with Crippen LogP contribution in [0, 0.1) is 0 Å². The van der Waals surface area contributed by atoms with E-state index >= 15 is 0 Å². The highest BCUT2D eigenvalue weighted by Crippen LogP contribution is 2.16. The second kappa shape index (κ2) is 7.71. The summed E-state index contributed by atoms with van der Waals surface area (Å²) in [5.74, 6) is -0.0212. The summed E-state index contributed by atoms with van der Waals surface area (Å²) >= 11 is 5.91. The Morgan fingerprint density at radius 1 is 1.09 bits per heavy atom. The zero-order valence-corrected chi connectivity index (χ0v) is 13.5. The second-order valence-corrected chi connectivity index (χ2v) is 5.61. The van der Waals surface area contributed by atoms with Crippen LogP contribution in [-0.2, 0) is 4.79 Å². The molecule has 0 saturated heterocycles. The topological polar surface area (TPSA) is 44.4 Å². The molecule has 0 unspecified atom stereocenters. The van der Waals surface area contributed by atoms with Gasteiger partial charge in [0.25, 0.3) is 0 Å². The SMILES string of the molecule is CN(C)c1ccc(NC(=O)CCNc2cccc(Cl)c2)cc1. The maximum atomic E-state index is 11.9. The molecule has 0 radical (unpaired) electrons. The van der Waals surface area contributed by atoms with Gasteiger partial charge in [-0.25, -0.2) is 0 Å². The summed E-state index contributed by atoms with van der Waals surface area (Å²) in [6.07, 6.45) is 0.391. The molecule has 22 heavy (non-hydrogen) atoms. The maximum Gasteiger partial charge on any atom is 0.226 e. The molecule has 0 aliphatic carbocycles. The van der Waals surface area contributed by atoms with E-state index in [1.807, 2.05) is 67.5 Å². The average molecular weight is 318 g/mol. The zero-order chi connectivity index (χ0) is 15.9. The van der Waals surface area contributed by atoms with Crippen molar-refractivity contribution in [2.24, 2.45) is 0 Å². The molecule has 2 aromatic rings. The third kappa shape index (κ3) is 4.97. The minimum absolute atomic E-state index is 0.0212. The zero-order valence-electron chi connectivity index (χ0n) is 12.8. The molecule has 0 spiro atoms. The van der Waals surface area contributed by atoms with E-state index in [-0.39, 0.29) is 5.91 Å². The lowest BCUT2D eigenvalue weighted by atomic mass is 10.2. The first-order chi connectivity index (χ1) is 10.5. The van der Waals surface area contributed by atoms with Crippen molar-refractivity contribution in [2.75, 3.05) is 36.2 Å². The molecule has 0 fully saturated rings. The fourth-order valence-corrected chi connectivity index (χ4v) is 2.18. The highest BCUT2D eigenvalue weighted by Gasteiger charge is 2.03. The predicted octanol–water partition coefficient (Wildman–Crippen LogP) is 3.85. The first kappa shape index (κ1) is 16.2. The molecule has 0 bridgehead atoms. The van der Waals surface area contributed by atoms with Gasteiger partial charge in [-0.3, -0.25) is 4.79 Å². The fraction of sp³-hybridized carbons (Fsp3) is 0.235. The maximum absolute atomic E-state index is 11.9. The third-order valence-electron chi connectivity index (χ3n) is 3.17. The third-order valence-corrected chi connectivity index (χ3v) is 3.41. The summed E-state index contributed by atoms with van der Waals surface area (Å²) in [7, 11) is 3.96. The molecule has 0 aliphatic rings. The monoisotopic (exact) mass is 317 g/mol. The number of benzene rings is 2. The Morgan fingerprint density at radius 3 is 2.45 bits per heavy atom. The van der Waals surface area contributed by atoms with Crippen molar-refractivity contribution >= 4 is 34.6 Å². The number of hydrogen-bond donors (Lipinski definition) is 2. The number of rotatable bonds is 6. The van der Waals surface area contributed by atoms with Crippen LogP contribution in [0.25, 0.3) is 0 Å². The van der Waals surface area contributed by atoms with Gasteiger partial charge in [-0.1, -0.05) is 17.7 Å². The Morgan fingerprint density at radius 2 is 1.82 bits per heavy atom. The van der Waals surface area contributed by atoms with Crippen LogP contribution in [0.4, 0.5) is 17.1 Å². The van der Waals surface area contributed by atoms with Crippen molar-refractivity contribution in [3.05, 3.63) is 53.6 Å².